The predicted molar refractivity (Wildman–Crippen MR) is 90.3 cm³/mol. The molecular weight excluding hydrogens is 347 g/mol. The molecule has 0 aliphatic carbocycles. The van der Waals surface area contributed by atoms with Crippen molar-refractivity contribution in [2.75, 3.05) is 39.4 Å². The van der Waals surface area contributed by atoms with E-state index in [1.807, 2.05) is 0 Å². The summed E-state index contributed by atoms with van der Waals surface area (Å²) in [6, 6.07) is 3.60. The fourth-order valence-corrected chi connectivity index (χ4v) is 4.71. The van der Waals surface area contributed by atoms with Crippen LogP contribution in [0.3, 0.4) is 0 Å². The standard InChI is InChI=1S/C17H23FN2O4S/c18-15-6-5-14(17(21)19-7-3-1-2-4-8-19)13-16(15)25(22,23)20-9-11-24-12-10-20/h5-6,13H,1-4,7-12H2. The van der Waals surface area contributed by atoms with Crippen molar-refractivity contribution in [2.45, 2.75) is 30.6 Å². The lowest BCUT2D eigenvalue weighted by molar-refractivity contribution is 0.0728. The second-order valence-corrected chi connectivity index (χ2v) is 8.27. The Hall–Kier alpha value is -1.51. The Labute approximate surface area is 147 Å². The highest BCUT2D eigenvalue weighted by molar-refractivity contribution is 7.89. The van der Waals surface area contributed by atoms with Gasteiger partial charge in [0.15, 0.2) is 0 Å². The van der Waals surface area contributed by atoms with E-state index in [9.17, 15) is 17.6 Å². The third kappa shape index (κ3) is 4.02. The first-order chi connectivity index (χ1) is 12.0. The van der Waals surface area contributed by atoms with Crippen molar-refractivity contribution in [1.82, 2.24) is 9.21 Å². The molecule has 1 aromatic carbocycles. The van der Waals surface area contributed by atoms with Gasteiger partial charge in [0.2, 0.25) is 10.0 Å². The van der Waals surface area contributed by atoms with Gasteiger partial charge >= 0.3 is 0 Å². The minimum Gasteiger partial charge on any atom is -0.379 e. The van der Waals surface area contributed by atoms with E-state index in [-0.39, 0.29) is 37.8 Å². The number of likely N-dealkylation sites (tertiary alicyclic amines) is 1. The van der Waals surface area contributed by atoms with Crippen LogP contribution >= 0.6 is 0 Å². The molecule has 0 aromatic heterocycles. The van der Waals surface area contributed by atoms with Crippen LogP contribution in [0.5, 0.6) is 0 Å². The topological polar surface area (TPSA) is 66.9 Å². The van der Waals surface area contributed by atoms with Gasteiger partial charge in [0, 0.05) is 31.7 Å². The molecule has 25 heavy (non-hydrogen) atoms. The maximum Gasteiger partial charge on any atom is 0.253 e. The molecule has 0 atom stereocenters. The average molecular weight is 370 g/mol. The monoisotopic (exact) mass is 370 g/mol. The number of rotatable bonds is 3. The van der Waals surface area contributed by atoms with Gasteiger partial charge in [-0.2, -0.15) is 4.31 Å². The van der Waals surface area contributed by atoms with Gasteiger partial charge in [-0.15, -0.1) is 0 Å². The van der Waals surface area contributed by atoms with Gasteiger partial charge < -0.3 is 9.64 Å². The minimum absolute atomic E-state index is 0.187. The normalized spacial score (nSPS) is 20.3. The number of halogens is 1. The number of sulfonamides is 1. The van der Waals surface area contributed by atoms with Crippen LogP contribution < -0.4 is 0 Å². The summed E-state index contributed by atoms with van der Waals surface area (Å²) in [5.41, 5.74) is 0.218. The number of ether oxygens (including phenoxy) is 1. The maximum absolute atomic E-state index is 14.2. The summed E-state index contributed by atoms with van der Waals surface area (Å²) in [6.45, 7) is 2.25. The van der Waals surface area contributed by atoms with Gasteiger partial charge in [-0.1, -0.05) is 12.8 Å². The number of morpholine rings is 1. The van der Waals surface area contributed by atoms with Crippen LogP contribution in [0.4, 0.5) is 4.39 Å². The highest BCUT2D eigenvalue weighted by Gasteiger charge is 2.30. The molecule has 3 rings (SSSR count). The van der Waals surface area contributed by atoms with Crippen molar-refractivity contribution in [3.8, 4) is 0 Å². The number of carbonyl (C=O) groups is 1. The summed E-state index contributed by atoms with van der Waals surface area (Å²) < 4.78 is 46.0. The quantitative estimate of drug-likeness (QED) is 0.815. The molecule has 0 bridgehead atoms. The average Bonchev–Trinajstić information content (AvgIpc) is 2.91. The Morgan fingerprint density at radius 3 is 2.28 bits per heavy atom. The predicted octanol–water partition coefficient (Wildman–Crippen LogP) is 1.86. The van der Waals surface area contributed by atoms with Gasteiger partial charge in [0.05, 0.1) is 13.2 Å². The van der Waals surface area contributed by atoms with Crippen molar-refractivity contribution in [2.24, 2.45) is 0 Å². The fraction of sp³-hybridized carbons (Fsp3) is 0.588. The van der Waals surface area contributed by atoms with Crippen LogP contribution in [0.25, 0.3) is 0 Å². The summed E-state index contributed by atoms with van der Waals surface area (Å²) in [5, 5.41) is 0. The van der Waals surface area contributed by atoms with Gasteiger partial charge in [-0.25, -0.2) is 12.8 Å². The van der Waals surface area contributed by atoms with Crippen molar-refractivity contribution in [3.05, 3.63) is 29.6 Å². The Bertz CT molecular complexity index is 724. The van der Waals surface area contributed by atoms with E-state index in [0.717, 1.165) is 31.7 Å². The summed E-state index contributed by atoms with van der Waals surface area (Å²) in [5.74, 6) is -1.07. The zero-order valence-electron chi connectivity index (χ0n) is 14.1. The number of nitrogens with zero attached hydrogens (tertiary/aromatic N) is 2. The first kappa shape index (κ1) is 18.3. The molecule has 2 heterocycles. The zero-order chi connectivity index (χ0) is 17.9. The second kappa shape index (κ2) is 7.80. The SMILES string of the molecule is O=C(c1ccc(F)c(S(=O)(=O)N2CCOCC2)c1)N1CCCCCC1. The molecule has 8 heteroatoms. The van der Waals surface area contributed by atoms with Gasteiger partial charge in [0.25, 0.3) is 5.91 Å². The Balaban J connectivity index is 1.88. The van der Waals surface area contributed by atoms with Crippen LogP contribution in [-0.4, -0.2) is 62.9 Å². The number of hydrogen-bond donors (Lipinski definition) is 0. The summed E-state index contributed by atoms with van der Waals surface area (Å²) >= 11 is 0. The largest absolute Gasteiger partial charge is 0.379 e. The number of amides is 1. The summed E-state index contributed by atoms with van der Waals surface area (Å²) in [6.07, 6.45) is 4.05. The number of benzene rings is 1. The molecule has 138 valence electrons. The van der Waals surface area contributed by atoms with E-state index in [1.54, 1.807) is 4.90 Å². The van der Waals surface area contributed by atoms with E-state index < -0.39 is 20.7 Å². The zero-order valence-corrected chi connectivity index (χ0v) is 14.9. The van der Waals surface area contributed by atoms with E-state index in [0.29, 0.717) is 13.1 Å². The molecule has 6 nitrogen and oxygen atoms in total. The van der Waals surface area contributed by atoms with Crippen LogP contribution in [0.2, 0.25) is 0 Å². The molecule has 0 spiro atoms. The molecule has 0 radical (unpaired) electrons. The maximum atomic E-state index is 14.2. The van der Waals surface area contributed by atoms with Gasteiger partial charge in [0.1, 0.15) is 10.7 Å². The Kier molecular flexibility index (Phi) is 5.71. The first-order valence-electron chi connectivity index (χ1n) is 8.67. The van der Waals surface area contributed by atoms with Crippen molar-refractivity contribution in [1.29, 1.82) is 0 Å². The molecule has 0 saturated carbocycles. The lowest BCUT2D eigenvalue weighted by Gasteiger charge is -2.26. The molecule has 2 aliphatic rings. The molecule has 2 fully saturated rings. The Morgan fingerprint density at radius 1 is 1.00 bits per heavy atom. The van der Waals surface area contributed by atoms with E-state index in [2.05, 4.69) is 0 Å². The highest BCUT2D eigenvalue weighted by atomic mass is 32.2. The minimum atomic E-state index is -3.98. The molecular formula is C17H23FN2O4S. The fourth-order valence-electron chi connectivity index (χ4n) is 3.22. The summed E-state index contributed by atoms with van der Waals surface area (Å²) in [4.78, 5) is 14.0. The lowest BCUT2D eigenvalue weighted by atomic mass is 10.2. The van der Waals surface area contributed by atoms with Crippen LogP contribution in [0, 0.1) is 5.82 Å². The Morgan fingerprint density at radius 2 is 1.64 bits per heavy atom. The molecule has 0 N–H and O–H groups in total. The lowest BCUT2D eigenvalue weighted by Crippen LogP contribution is -2.41. The molecule has 2 aliphatic heterocycles. The summed E-state index contributed by atoms with van der Waals surface area (Å²) in [7, 11) is -3.98. The molecule has 1 aromatic rings. The third-order valence-electron chi connectivity index (χ3n) is 4.66. The second-order valence-electron chi connectivity index (χ2n) is 6.37. The smallest absolute Gasteiger partial charge is 0.253 e. The van der Waals surface area contributed by atoms with Crippen LogP contribution in [0.1, 0.15) is 36.0 Å². The highest BCUT2D eigenvalue weighted by Crippen LogP contribution is 2.23. The van der Waals surface area contributed by atoms with Crippen molar-refractivity contribution in [3.63, 3.8) is 0 Å². The number of carbonyl (C=O) groups excluding carboxylic acids is 1. The van der Waals surface area contributed by atoms with Crippen molar-refractivity contribution >= 4 is 15.9 Å². The van der Waals surface area contributed by atoms with Crippen molar-refractivity contribution < 1.29 is 22.3 Å². The van der Waals surface area contributed by atoms with Crippen LogP contribution in [-0.2, 0) is 14.8 Å². The van der Waals surface area contributed by atoms with Gasteiger partial charge in [-0.3, -0.25) is 4.79 Å². The third-order valence-corrected chi connectivity index (χ3v) is 6.57. The molecule has 1 amide bonds. The molecule has 2 saturated heterocycles. The van der Waals surface area contributed by atoms with Crippen LogP contribution in [0.15, 0.2) is 23.1 Å². The first-order valence-corrected chi connectivity index (χ1v) is 10.1. The van der Waals surface area contributed by atoms with E-state index in [1.165, 1.54) is 16.4 Å². The van der Waals surface area contributed by atoms with E-state index in [4.69, 9.17) is 4.74 Å². The number of hydrogen-bond acceptors (Lipinski definition) is 4. The molecule has 0 unspecified atom stereocenters. The van der Waals surface area contributed by atoms with E-state index >= 15 is 0 Å². The van der Waals surface area contributed by atoms with Gasteiger partial charge in [-0.05, 0) is 31.0 Å².